The van der Waals surface area contributed by atoms with E-state index in [4.69, 9.17) is 21.1 Å². The molecule has 0 spiro atoms. The maximum Gasteiger partial charge on any atom is 0.195 e. The van der Waals surface area contributed by atoms with E-state index in [-0.39, 0.29) is 0 Å². The van der Waals surface area contributed by atoms with Crippen LogP contribution < -0.4 is 0 Å². The van der Waals surface area contributed by atoms with Crippen molar-refractivity contribution < 1.29 is 9.47 Å². The van der Waals surface area contributed by atoms with Gasteiger partial charge in [-0.3, -0.25) is 0 Å². The molecule has 0 radical (unpaired) electrons. The van der Waals surface area contributed by atoms with Crippen molar-refractivity contribution in [2.75, 3.05) is 20.1 Å². The minimum atomic E-state index is -0.705. The molecule has 0 aliphatic rings. The summed E-state index contributed by atoms with van der Waals surface area (Å²) in [5, 5.41) is 0. The highest BCUT2D eigenvalue weighted by Crippen LogP contribution is 2.29. The quantitative estimate of drug-likeness (QED) is 0.554. The first-order valence-electron chi connectivity index (χ1n) is 4.51. The monoisotopic (exact) mass is 214 g/mol. The van der Waals surface area contributed by atoms with Crippen LogP contribution in [0.5, 0.6) is 0 Å². The average Bonchev–Trinajstić information content (AvgIpc) is 2.27. The Balaban J connectivity index is 2.98. The summed E-state index contributed by atoms with van der Waals surface area (Å²) < 4.78 is 10.8. The van der Waals surface area contributed by atoms with Gasteiger partial charge in [0.25, 0.3) is 0 Å². The highest BCUT2D eigenvalue weighted by molar-refractivity contribution is 6.17. The summed E-state index contributed by atoms with van der Waals surface area (Å²) in [4.78, 5) is 0. The Morgan fingerprint density at radius 1 is 1.14 bits per heavy atom. The van der Waals surface area contributed by atoms with Crippen molar-refractivity contribution in [2.24, 2.45) is 0 Å². The zero-order valence-electron chi connectivity index (χ0n) is 8.50. The second-order valence-corrected chi connectivity index (χ2v) is 3.34. The van der Waals surface area contributed by atoms with Gasteiger partial charge in [-0.1, -0.05) is 30.3 Å². The molecule has 1 rings (SSSR count). The topological polar surface area (TPSA) is 18.5 Å². The van der Waals surface area contributed by atoms with Crippen molar-refractivity contribution in [1.29, 1.82) is 0 Å². The molecule has 0 amide bonds. The molecule has 1 aromatic rings. The predicted octanol–water partition coefficient (Wildman–Crippen LogP) is 2.76. The van der Waals surface area contributed by atoms with Crippen LogP contribution in [0.1, 0.15) is 12.0 Å². The lowest BCUT2D eigenvalue weighted by atomic mass is 10.0. The van der Waals surface area contributed by atoms with Crippen molar-refractivity contribution in [3.8, 4) is 0 Å². The molecule has 0 aromatic heterocycles. The Morgan fingerprint density at radius 3 is 2.14 bits per heavy atom. The molecule has 0 saturated heterocycles. The Bertz CT molecular complexity index is 257. The molecule has 0 heterocycles. The van der Waals surface area contributed by atoms with Gasteiger partial charge in [-0.2, -0.15) is 0 Å². The number of ether oxygens (including phenoxy) is 2. The van der Waals surface area contributed by atoms with E-state index in [0.717, 1.165) is 5.56 Å². The van der Waals surface area contributed by atoms with Crippen molar-refractivity contribution in [3.63, 3.8) is 0 Å². The van der Waals surface area contributed by atoms with Crippen LogP contribution in [0.4, 0.5) is 0 Å². The summed E-state index contributed by atoms with van der Waals surface area (Å²) in [6.45, 7) is 0. The molecule has 0 bridgehead atoms. The lowest BCUT2D eigenvalue weighted by molar-refractivity contribution is -0.216. The normalized spacial score (nSPS) is 11.6. The molecule has 0 fully saturated rings. The van der Waals surface area contributed by atoms with Gasteiger partial charge in [-0.15, -0.1) is 11.6 Å². The van der Waals surface area contributed by atoms with Crippen LogP contribution in [0.15, 0.2) is 30.3 Å². The van der Waals surface area contributed by atoms with Gasteiger partial charge < -0.3 is 9.47 Å². The molecule has 14 heavy (non-hydrogen) atoms. The van der Waals surface area contributed by atoms with Crippen LogP contribution in [-0.2, 0) is 15.3 Å². The summed E-state index contributed by atoms with van der Waals surface area (Å²) >= 11 is 5.73. The second kappa shape index (κ2) is 5.35. The zero-order chi connectivity index (χ0) is 10.4. The van der Waals surface area contributed by atoms with Crippen molar-refractivity contribution in [1.82, 2.24) is 0 Å². The van der Waals surface area contributed by atoms with Crippen LogP contribution in [0, 0.1) is 0 Å². The van der Waals surface area contributed by atoms with Gasteiger partial charge in [0.15, 0.2) is 5.79 Å². The smallest absolute Gasteiger partial charge is 0.195 e. The summed E-state index contributed by atoms with van der Waals surface area (Å²) in [5.74, 6) is -0.209. The number of hydrogen-bond acceptors (Lipinski definition) is 2. The van der Waals surface area contributed by atoms with E-state index in [2.05, 4.69) is 0 Å². The van der Waals surface area contributed by atoms with Gasteiger partial charge in [0.2, 0.25) is 0 Å². The highest BCUT2D eigenvalue weighted by atomic mass is 35.5. The lowest BCUT2D eigenvalue weighted by Crippen LogP contribution is -2.31. The summed E-state index contributed by atoms with van der Waals surface area (Å²) in [6, 6.07) is 9.81. The molecular formula is C11H15ClO2. The minimum Gasteiger partial charge on any atom is -0.349 e. The maximum absolute atomic E-state index is 5.73. The fourth-order valence-corrected chi connectivity index (χ4v) is 1.73. The van der Waals surface area contributed by atoms with E-state index in [9.17, 15) is 0 Å². The van der Waals surface area contributed by atoms with E-state index < -0.39 is 5.79 Å². The van der Waals surface area contributed by atoms with Crippen LogP contribution in [-0.4, -0.2) is 20.1 Å². The molecule has 0 saturated carbocycles. The number of alkyl halides is 1. The Morgan fingerprint density at radius 2 is 1.71 bits per heavy atom. The van der Waals surface area contributed by atoms with E-state index in [1.807, 2.05) is 30.3 Å². The van der Waals surface area contributed by atoms with Crippen molar-refractivity contribution in [3.05, 3.63) is 35.9 Å². The van der Waals surface area contributed by atoms with Crippen LogP contribution in [0.2, 0.25) is 0 Å². The number of halogens is 1. The van der Waals surface area contributed by atoms with Crippen LogP contribution >= 0.6 is 11.6 Å². The highest BCUT2D eigenvalue weighted by Gasteiger charge is 2.30. The van der Waals surface area contributed by atoms with Gasteiger partial charge in [-0.25, -0.2) is 0 Å². The summed E-state index contributed by atoms with van der Waals surface area (Å²) in [6.07, 6.45) is 0.631. The van der Waals surface area contributed by atoms with Crippen molar-refractivity contribution in [2.45, 2.75) is 12.2 Å². The SMILES string of the molecule is COC(CCCl)(OC)c1ccccc1. The summed E-state index contributed by atoms with van der Waals surface area (Å²) in [7, 11) is 3.26. The average molecular weight is 215 g/mol. The molecule has 3 heteroatoms. The largest absolute Gasteiger partial charge is 0.349 e. The fourth-order valence-electron chi connectivity index (χ4n) is 1.48. The van der Waals surface area contributed by atoms with Crippen molar-refractivity contribution >= 4 is 11.6 Å². The predicted molar refractivity (Wildman–Crippen MR) is 57.5 cm³/mol. The summed E-state index contributed by atoms with van der Waals surface area (Å²) in [5.41, 5.74) is 0.991. The molecule has 0 N–H and O–H groups in total. The molecular weight excluding hydrogens is 200 g/mol. The molecule has 1 aromatic carbocycles. The fraction of sp³-hybridized carbons (Fsp3) is 0.455. The number of methoxy groups -OCH3 is 2. The van der Waals surface area contributed by atoms with Gasteiger partial charge in [-0.05, 0) is 0 Å². The Kier molecular flexibility index (Phi) is 4.39. The van der Waals surface area contributed by atoms with Gasteiger partial charge in [0.05, 0.1) is 0 Å². The first kappa shape index (κ1) is 11.5. The molecule has 0 unspecified atom stereocenters. The third-order valence-corrected chi connectivity index (χ3v) is 2.49. The third-order valence-electron chi connectivity index (χ3n) is 2.30. The van der Waals surface area contributed by atoms with Crippen LogP contribution in [0.25, 0.3) is 0 Å². The molecule has 0 aliphatic carbocycles. The lowest BCUT2D eigenvalue weighted by Gasteiger charge is -2.30. The second-order valence-electron chi connectivity index (χ2n) is 2.97. The Labute approximate surface area is 89.8 Å². The maximum atomic E-state index is 5.73. The zero-order valence-corrected chi connectivity index (χ0v) is 9.25. The van der Waals surface area contributed by atoms with E-state index in [1.165, 1.54) is 0 Å². The van der Waals surface area contributed by atoms with E-state index >= 15 is 0 Å². The molecule has 0 atom stereocenters. The molecule has 0 aliphatic heterocycles. The Hall–Kier alpha value is -0.570. The van der Waals surface area contributed by atoms with E-state index in [0.29, 0.717) is 12.3 Å². The first-order valence-corrected chi connectivity index (χ1v) is 5.04. The van der Waals surface area contributed by atoms with Crippen LogP contribution in [0.3, 0.4) is 0 Å². The molecule has 2 nitrogen and oxygen atoms in total. The standard InChI is InChI=1S/C11H15ClO2/c1-13-11(14-2,8-9-12)10-6-4-3-5-7-10/h3-7H,8-9H2,1-2H3. The van der Waals surface area contributed by atoms with Gasteiger partial charge in [0, 0.05) is 32.1 Å². The molecule has 78 valence electrons. The van der Waals surface area contributed by atoms with Gasteiger partial charge in [0.1, 0.15) is 0 Å². The number of hydrogen-bond donors (Lipinski definition) is 0. The first-order chi connectivity index (χ1) is 6.79. The van der Waals surface area contributed by atoms with Gasteiger partial charge >= 0.3 is 0 Å². The minimum absolute atomic E-state index is 0.497. The third kappa shape index (κ3) is 2.27. The number of benzene rings is 1. The number of rotatable bonds is 5. The van der Waals surface area contributed by atoms with E-state index in [1.54, 1.807) is 14.2 Å².